The van der Waals surface area contributed by atoms with Gasteiger partial charge in [-0.3, -0.25) is 14.4 Å². The fourth-order valence-electron chi connectivity index (χ4n) is 5.02. The summed E-state index contributed by atoms with van der Waals surface area (Å²) in [7, 11) is 1.72. The van der Waals surface area contributed by atoms with E-state index in [4.69, 9.17) is 0 Å². The van der Waals surface area contributed by atoms with Gasteiger partial charge in [-0.15, -0.1) is 0 Å². The summed E-state index contributed by atoms with van der Waals surface area (Å²) >= 11 is 0. The highest BCUT2D eigenvalue weighted by Crippen LogP contribution is 2.39. The van der Waals surface area contributed by atoms with Crippen LogP contribution in [0.15, 0.2) is 48.5 Å². The molecule has 4 atom stereocenters. The van der Waals surface area contributed by atoms with E-state index in [1.54, 1.807) is 18.9 Å². The van der Waals surface area contributed by atoms with Gasteiger partial charge in [-0.2, -0.15) is 0 Å². The smallest absolute Gasteiger partial charge is 0.253 e. The van der Waals surface area contributed by atoms with Gasteiger partial charge in [-0.05, 0) is 55.3 Å². The average Bonchev–Trinajstić information content (AvgIpc) is 3.31. The molecule has 35 heavy (non-hydrogen) atoms. The van der Waals surface area contributed by atoms with Gasteiger partial charge in [0.2, 0.25) is 11.8 Å². The normalized spacial score (nSPS) is 22.3. The summed E-state index contributed by atoms with van der Waals surface area (Å²) in [5.41, 5.74) is 3.38. The Morgan fingerprint density at radius 1 is 1.06 bits per heavy atom. The number of amides is 3. The highest BCUT2D eigenvalue weighted by atomic mass is 16.2. The van der Waals surface area contributed by atoms with E-state index < -0.39 is 12.1 Å². The van der Waals surface area contributed by atoms with Crippen LogP contribution in [0.5, 0.6) is 0 Å². The highest BCUT2D eigenvalue weighted by molar-refractivity contribution is 6.06. The zero-order chi connectivity index (χ0) is 25.1. The third-order valence-corrected chi connectivity index (χ3v) is 7.13. The van der Waals surface area contributed by atoms with Crippen molar-refractivity contribution in [2.45, 2.75) is 58.2 Å². The Bertz CT molecular complexity index is 1100. The Kier molecular flexibility index (Phi) is 7.55. The van der Waals surface area contributed by atoms with Gasteiger partial charge in [0.1, 0.15) is 12.1 Å². The zero-order valence-electron chi connectivity index (χ0n) is 21.0. The van der Waals surface area contributed by atoms with E-state index in [1.165, 1.54) is 0 Å². The van der Waals surface area contributed by atoms with Crippen LogP contribution in [0.3, 0.4) is 0 Å². The number of nitrogens with zero attached hydrogens (tertiary/aromatic N) is 1. The molecule has 1 saturated heterocycles. The van der Waals surface area contributed by atoms with Gasteiger partial charge in [0.15, 0.2) is 0 Å². The molecule has 2 heterocycles. The first-order chi connectivity index (χ1) is 16.8. The van der Waals surface area contributed by atoms with E-state index in [2.05, 4.69) is 29.8 Å². The van der Waals surface area contributed by atoms with Crippen LogP contribution in [0.25, 0.3) is 11.1 Å². The van der Waals surface area contributed by atoms with E-state index in [-0.39, 0.29) is 23.8 Å². The Morgan fingerprint density at radius 2 is 1.74 bits per heavy atom. The minimum atomic E-state index is -0.847. The first kappa shape index (κ1) is 24.9. The van der Waals surface area contributed by atoms with Gasteiger partial charge in [-0.1, -0.05) is 62.7 Å². The minimum absolute atomic E-state index is 0.170. The number of benzene rings is 2. The van der Waals surface area contributed by atoms with E-state index in [1.807, 2.05) is 48.5 Å². The molecule has 0 bridgehead atoms. The quantitative estimate of drug-likeness (QED) is 0.571. The molecule has 4 rings (SSSR count). The number of carbonyl (C=O) groups is 3. The number of rotatable bonds is 7. The second kappa shape index (κ2) is 10.6. The topological polar surface area (TPSA) is 90.5 Å². The molecule has 7 nitrogen and oxygen atoms in total. The van der Waals surface area contributed by atoms with Crippen LogP contribution in [0.4, 0.5) is 5.69 Å². The van der Waals surface area contributed by atoms with E-state index >= 15 is 0 Å². The molecule has 0 unspecified atom stereocenters. The number of fused-ring (bicyclic) bond motifs is 3. The third-order valence-electron chi connectivity index (χ3n) is 7.13. The molecule has 2 aliphatic heterocycles. The van der Waals surface area contributed by atoms with E-state index in [9.17, 15) is 14.4 Å². The Labute approximate surface area is 207 Å². The molecular formula is C28H36N4O3. The molecule has 0 aromatic heterocycles. The maximum absolute atomic E-state index is 13.4. The number of para-hydroxylation sites is 1. The molecule has 2 aromatic rings. The Morgan fingerprint density at radius 3 is 2.49 bits per heavy atom. The van der Waals surface area contributed by atoms with Crippen molar-refractivity contribution in [3.8, 4) is 11.1 Å². The lowest BCUT2D eigenvalue weighted by Gasteiger charge is -2.25. The Hall–Kier alpha value is -3.19. The van der Waals surface area contributed by atoms with Crippen LogP contribution in [-0.4, -0.2) is 43.4 Å². The van der Waals surface area contributed by atoms with Crippen LogP contribution in [-0.2, 0) is 14.4 Å². The Balaban J connectivity index is 1.44. The van der Waals surface area contributed by atoms with Crippen LogP contribution >= 0.6 is 0 Å². The average molecular weight is 477 g/mol. The summed E-state index contributed by atoms with van der Waals surface area (Å²) < 4.78 is 0. The number of hydrogen-bond acceptors (Lipinski definition) is 4. The van der Waals surface area contributed by atoms with Gasteiger partial charge in [0.05, 0.1) is 11.7 Å². The summed E-state index contributed by atoms with van der Waals surface area (Å²) in [5.74, 6) is 0.349. The summed E-state index contributed by atoms with van der Waals surface area (Å²) in [5, 5.41) is 9.04. The second-order valence-corrected chi connectivity index (χ2v) is 10.2. The van der Waals surface area contributed by atoms with Crippen molar-refractivity contribution in [1.82, 2.24) is 16.0 Å². The van der Waals surface area contributed by atoms with Crippen molar-refractivity contribution in [2.24, 2.45) is 11.8 Å². The lowest BCUT2D eigenvalue weighted by Crippen LogP contribution is -2.52. The predicted octanol–water partition coefficient (Wildman–Crippen LogP) is 3.41. The van der Waals surface area contributed by atoms with Gasteiger partial charge in [0, 0.05) is 12.6 Å². The standard InChI is InChI=1S/C28H36N4O3/c1-17(2)13-14-19-15-23(29-16-19)27(34)30-18(3)26(33)31-25-22-11-6-5-9-20(22)21-10-7-8-12-24(21)32(4)28(25)35/h5-12,17-19,23,25,29H,13-16H2,1-4H3,(H,30,34)(H,31,33)/t18-,19-,23-,25+/m0/s1. The van der Waals surface area contributed by atoms with Crippen molar-refractivity contribution in [3.63, 3.8) is 0 Å². The summed E-state index contributed by atoms with van der Waals surface area (Å²) in [6, 6.07) is 13.4. The molecule has 1 fully saturated rings. The first-order valence-corrected chi connectivity index (χ1v) is 12.6. The molecular weight excluding hydrogens is 440 g/mol. The predicted molar refractivity (Wildman–Crippen MR) is 138 cm³/mol. The summed E-state index contributed by atoms with van der Waals surface area (Å²) in [6.07, 6.45) is 3.03. The van der Waals surface area contributed by atoms with Gasteiger partial charge in [-0.25, -0.2) is 0 Å². The van der Waals surface area contributed by atoms with Gasteiger partial charge < -0.3 is 20.9 Å². The molecule has 0 saturated carbocycles. The van der Waals surface area contributed by atoms with Crippen molar-refractivity contribution >= 4 is 23.4 Å². The van der Waals surface area contributed by atoms with Crippen LogP contribution < -0.4 is 20.9 Å². The minimum Gasteiger partial charge on any atom is -0.343 e. The maximum Gasteiger partial charge on any atom is 0.253 e. The van der Waals surface area contributed by atoms with Crippen LogP contribution in [0.2, 0.25) is 0 Å². The van der Waals surface area contributed by atoms with Gasteiger partial charge in [0.25, 0.3) is 5.91 Å². The third kappa shape index (κ3) is 5.40. The molecule has 3 amide bonds. The number of anilines is 1. The van der Waals surface area contributed by atoms with Crippen molar-refractivity contribution < 1.29 is 14.4 Å². The largest absolute Gasteiger partial charge is 0.343 e. The zero-order valence-corrected chi connectivity index (χ0v) is 21.0. The van der Waals surface area contributed by atoms with Gasteiger partial charge >= 0.3 is 0 Å². The van der Waals surface area contributed by atoms with Crippen molar-refractivity contribution in [2.75, 3.05) is 18.5 Å². The highest BCUT2D eigenvalue weighted by Gasteiger charge is 2.35. The van der Waals surface area contributed by atoms with Crippen molar-refractivity contribution in [3.05, 3.63) is 54.1 Å². The van der Waals surface area contributed by atoms with Crippen LogP contribution in [0.1, 0.15) is 51.6 Å². The number of hydrogen-bond donors (Lipinski definition) is 3. The molecule has 2 aliphatic rings. The lowest BCUT2D eigenvalue weighted by atomic mass is 9.95. The molecule has 7 heteroatoms. The number of likely N-dealkylation sites (N-methyl/N-ethyl adjacent to an activating group) is 1. The number of carbonyl (C=O) groups excluding carboxylic acids is 3. The van der Waals surface area contributed by atoms with Crippen molar-refractivity contribution in [1.29, 1.82) is 0 Å². The van der Waals surface area contributed by atoms with Crippen LogP contribution in [0, 0.1) is 11.8 Å². The van der Waals surface area contributed by atoms with E-state index in [0.29, 0.717) is 11.8 Å². The fourth-order valence-corrected chi connectivity index (χ4v) is 5.02. The first-order valence-electron chi connectivity index (χ1n) is 12.6. The molecule has 0 aliphatic carbocycles. The molecule has 0 radical (unpaired) electrons. The number of nitrogens with one attached hydrogen (secondary N) is 3. The molecule has 2 aromatic carbocycles. The molecule has 3 N–H and O–H groups in total. The second-order valence-electron chi connectivity index (χ2n) is 10.2. The molecule has 186 valence electrons. The monoisotopic (exact) mass is 476 g/mol. The lowest BCUT2D eigenvalue weighted by molar-refractivity contribution is -0.131. The summed E-state index contributed by atoms with van der Waals surface area (Å²) in [4.78, 5) is 41.0. The fraction of sp³-hybridized carbons (Fsp3) is 0.464. The summed E-state index contributed by atoms with van der Waals surface area (Å²) in [6.45, 7) is 6.90. The van der Waals surface area contributed by atoms with E-state index in [0.717, 1.165) is 48.2 Å². The maximum atomic E-state index is 13.4. The SMILES string of the molecule is CC(C)CC[C@@H]1CN[C@H](C(=O)N[C@@H](C)C(=O)N[C@H]2C(=O)N(C)c3ccccc3-c3ccccc32)C1. The molecule has 0 spiro atoms.